The van der Waals surface area contributed by atoms with Gasteiger partial charge in [-0.15, -0.1) is 0 Å². The Morgan fingerprint density at radius 2 is 1.54 bits per heavy atom. The Kier molecular flexibility index (Phi) is 6.96. The van der Waals surface area contributed by atoms with Gasteiger partial charge in [0.1, 0.15) is 0 Å². The highest BCUT2D eigenvalue weighted by Gasteiger charge is 2.09. The lowest BCUT2D eigenvalue weighted by Crippen LogP contribution is -2.37. The van der Waals surface area contributed by atoms with E-state index in [2.05, 4.69) is 42.7 Å². The van der Waals surface area contributed by atoms with Gasteiger partial charge in [-0.1, -0.05) is 41.0 Å². The molecule has 4 heteroatoms. The molecule has 0 aliphatic rings. The molecule has 0 unspecified atom stereocenters. The van der Waals surface area contributed by atoms with Gasteiger partial charge in [-0.2, -0.15) is 0 Å². The average molecular weight is 352 g/mol. The van der Waals surface area contributed by atoms with Crippen molar-refractivity contribution in [3.05, 3.63) is 69.8 Å². The summed E-state index contributed by atoms with van der Waals surface area (Å²) in [5.74, 6) is -0.384. The second kappa shape index (κ2) is 9.18. The van der Waals surface area contributed by atoms with Gasteiger partial charge in [-0.25, -0.2) is 0 Å². The number of nitrogens with one attached hydrogen (secondary N) is 2. The Morgan fingerprint density at radius 1 is 0.846 bits per heavy atom. The minimum atomic E-state index is -0.220. The van der Waals surface area contributed by atoms with Crippen molar-refractivity contribution < 1.29 is 9.59 Å². The smallest absolute Gasteiger partial charge is 0.251 e. The first-order chi connectivity index (χ1) is 12.3. The van der Waals surface area contributed by atoms with E-state index in [4.69, 9.17) is 0 Å². The summed E-state index contributed by atoms with van der Waals surface area (Å²) in [4.78, 5) is 24.1. The van der Waals surface area contributed by atoms with Crippen molar-refractivity contribution in [2.45, 2.75) is 40.5 Å². The highest BCUT2D eigenvalue weighted by molar-refractivity contribution is 5.96. The molecule has 0 aromatic heterocycles. The van der Waals surface area contributed by atoms with Crippen molar-refractivity contribution in [3.63, 3.8) is 0 Å². The van der Waals surface area contributed by atoms with Gasteiger partial charge in [0.15, 0.2) is 0 Å². The third-order valence-electron chi connectivity index (χ3n) is 4.34. The van der Waals surface area contributed by atoms with Crippen LogP contribution in [0.1, 0.15) is 44.6 Å². The Hall–Kier alpha value is -2.62. The molecule has 2 N–H and O–H groups in total. The molecule has 0 aliphatic carbocycles. The van der Waals surface area contributed by atoms with Crippen LogP contribution in [0.3, 0.4) is 0 Å². The first-order valence-electron chi connectivity index (χ1n) is 9.04. The highest BCUT2D eigenvalue weighted by Crippen LogP contribution is 2.12. The van der Waals surface area contributed by atoms with E-state index in [9.17, 15) is 9.59 Å². The fourth-order valence-corrected chi connectivity index (χ4v) is 3.06. The van der Waals surface area contributed by atoms with Crippen LogP contribution in [0.25, 0.3) is 0 Å². The van der Waals surface area contributed by atoms with Crippen molar-refractivity contribution in [2.75, 3.05) is 13.1 Å². The van der Waals surface area contributed by atoms with E-state index < -0.39 is 0 Å². The lowest BCUT2D eigenvalue weighted by molar-refractivity contribution is -0.120. The van der Waals surface area contributed by atoms with Crippen LogP contribution in [0.4, 0.5) is 0 Å². The van der Waals surface area contributed by atoms with Crippen molar-refractivity contribution in [1.82, 2.24) is 10.6 Å². The Bertz CT molecular complexity index is 776. The standard InChI is InChI=1S/C22H28N2O2/c1-15-7-8-19(18(4)11-15)6-5-9-23-21(25)14-24-22(26)20-12-16(2)10-17(3)13-20/h7-8,10-13H,5-6,9,14H2,1-4H3,(H,23,25)(H,24,26). The summed E-state index contributed by atoms with van der Waals surface area (Å²) in [6, 6.07) is 12.1. The number of benzene rings is 2. The molecule has 2 aromatic carbocycles. The predicted octanol–water partition coefficient (Wildman–Crippen LogP) is 3.40. The molecule has 4 nitrogen and oxygen atoms in total. The van der Waals surface area contributed by atoms with Crippen LogP contribution in [0.2, 0.25) is 0 Å². The fraction of sp³-hybridized carbons (Fsp3) is 0.364. The SMILES string of the molecule is Cc1cc(C)cc(C(=O)NCC(=O)NCCCc2ccc(C)cc2C)c1. The van der Waals surface area contributed by atoms with Crippen LogP contribution in [-0.2, 0) is 11.2 Å². The van der Waals surface area contributed by atoms with Gasteiger partial charge >= 0.3 is 0 Å². The third-order valence-corrected chi connectivity index (χ3v) is 4.34. The van der Waals surface area contributed by atoms with Crippen molar-refractivity contribution in [3.8, 4) is 0 Å². The lowest BCUT2D eigenvalue weighted by Gasteiger charge is -2.09. The summed E-state index contributed by atoms with van der Waals surface area (Å²) in [6.07, 6.45) is 1.81. The fourth-order valence-electron chi connectivity index (χ4n) is 3.06. The van der Waals surface area contributed by atoms with E-state index in [0.29, 0.717) is 12.1 Å². The number of aryl methyl sites for hydroxylation is 5. The van der Waals surface area contributed by atoms with Crippen LogP contribution in [-0.4, -0.2) is 24.9 Å². The quantitative estimate of drug-likeness (QED) is 0.751. The summed E-state index contributed by atoms with van der Waals surface area (Å²) in [5, 5.41) is 5.54. The minimum Gasteiger partial charge on any atom is -0.355 e. The Balaban J connectivity index is 1.71. The second-order valence-electron chi connectivity index (χ2n) is 6.94. The lowest BCUT2D eigenvalue weighted by atomic mass is 10.0. The molecule has 2 aromatic rings. The van der Waals surface area contributed by atoms with E-state index >= 15 is 0 Å². The number of hydrogen-bond acceptors (Lipinski definition) is 2. The zero-order chi connectivity index (χ0) is 19.1. The van der Waals surface area contributed by atoms with Gasteiger partial charge in [0, 0.05) is 12.1 Å². The molecule has 0 heterocycles. The van der Waals surface area contributed by atoms with Crippen LogP contribution >= 0.6 is 0 Å². The largest absolute Gasteiger partial charge is 0.355 e. The van der Waals surface area contributed by atoms with E-state index in [0.717, 1.165) is 24.0 Å². The molecule has 0 fully saturated rings. The third kappa shape index (κ3) is 6.03. The van der Waals surface area contributed by atoms with Crippen molar-refractivity contribution >= 4 is 11.8 Å². The van der Waals surface area contributed by atoms with Gasteiger partial charge < -0.3 is 10.6 Å². The van der Waals surface area contributed by atoms with E-state index in [1.54, 1.807) is 0 Å². The molecule has 26 heavy (non-hydrogen) atoms. The monoisotopic (exact) mass is 352 g/mol. The number of rotatable bonds is 7. The summed E-state index contributed by atoms with van der Waals surface area (Å²) >= 11 is 0. The molecule has 2 amide bonds. The number of carbonyl (C=O) groups excluding carboxylic acids is 2. The molecule has 0 radical (unpaired) electrons. The topological polar surface area (TPSA) is 58.2 Å². The minimum absolute atomic E-state index is 0.00458. The average Bonchev–Trinajstić information content (AvgIpc) is 2.57. The van der Waals surface area contributed by atoms with Gasteiger partial charge in [0.25, 0.3) is 5.91 Å². The zero-order valence-corrected chi connectivity index (χ0v) is 16.1. The maximum atomic E-state index is 12.1. The van der Waals surface area contributed by atoms with E-state index in [-0.39, 0.29) is 18.4 Å². The molecule has 0 aliphatic heterocycles. The van der Waals surface area contributed by atoms with Crippen molar-refractivity contribution in [2.24, 2.45) is 0 Å². The van der Waals surface area contributed by atoms with Crippen LogP contribution < -0.4 is 10.6 Å². The summed E-state index contributed by atoms with van der Waals surface area (Å²) in [7, 11) is 0. The molecule has 0 bridgehead atoms. The molecule has 0 spiro atoms. The summed E-state index contributed by atoms with van der Waals surface area (Å²) in [6.45, 7) is 8.70. The van der Waals surface area contributed by atoms with Crippen LogP contribution in [0.5, 0.6) is 0 Å². The molecular weight excluding hydrogens is 324 g/mol. The first kappa shape index (κ1) is 19.7. The molecule has 0 saturated carbocycles. The van der Waals surface area contributed by atoms with Crippen LogP contribution in [0.15, 0.2) is 36.4 Å². The molecule has 2 rings (SSSR count). The predicted molar refractivity (Wildman–Crippen MR) is 105 cm³/mol. The highest BCUT2D eigenvalue weighted by atomic mass is 16.2. The zero-order valence-electron chi connectivity index (χ0n) is 16.1. The van der Waals surface area contributed by atoms with Gasteiger partial charge in [-0.05, 0) is 63.8 Å². The van der Waals surface area contributed by atoms with Crippen LogP contribution in [0, 0.1) is 27.7 Å². The number of hydrogen-bond donors (Lipinski definition) is 2. The molecule has 138 valence electrons. The maximum absolute atomic E-state index is 12.1. The molecule has 0 atom stereocenters. The number of carbonyl (C=O) groups is 2. The normalized spacial score (nSPS) is 10.5. The van der Waals surface area contributed by atoms with Crippen molar-refractivity contribution in [1.29, 1.82) is 0 Å². The molecular formula is C22H28N2O2. The van der Waals surface area contributed by atoms with E-state index in [1.807, 2.05) is 32.0 Å². The Morgan fingerprint density at radius 3 is 2.19 bits per heavy atom. The first-order valence-corrected chi connectivity index (χ1v) is 9.04. The maximum Gasteiger partial charge on any atom is 0.251 e. The van der Waals surface area contributed by atoms with E-state index in [1.165, 1.54) is 16.7 Å². The van der Waals surface area contributed by atoms with Gasteiger partial charge in [0.2, 0.25) is 5.91 Å². The second-order valence-corrected chi connectivity index (χ2v) is 6.94. The molecule has 0 saturated heterocycles. The Labute approximate surface area is 156 Å². The van der Waals surface area contributed by atoms with Gasteiger partial charge in [0.05, 0.1) is 6.54 Å². The summed E-state index contributed by atoms with van der Waals surface area (Å²) in [5.41, 5.74) is 6.52. The number of amides is 2. The van der Waals surface area contributed by atoms with Gasteiger partial charge in [-0.3, -0.25) is 9.59 Å². The summed E-state index contributed by atoms with van der Waals surface area (Å²) < 4.78 is 0.